The summed E-state index contributed by atoms with van der Waals surface area (Å²) in [4.78, 5) is 31.8. The third kappa shape index (κ3) is 4.58. The Morgan fingerprint density at radius 3 is 2.70 bits per heavy atom. The van der Waals surface area contributed by atoms with Crippen molar-refractivity contribution in [2.75, 3.05) is 13.2 Å². The highest BCUT2D eigenvalue weighted by atomic mass is 79.9. The van der Waals surface area contributed by atoms with Crippen molar-refractivity contribution in [3.8, 4) is 5.75 Å². The van der Waals surface area contributed by atoms with E-state index in [0.29, 0.717) is 38.5 Å². The molecule has 0 amide bonds. The predicted octanol–water partition coefficient (Wildman–Crippen LogP) is 3.96. The number of fused-ring (bicyclic) bond motifs is 1. The molecular formula is C25H23BrN2O4S. The van der Waals surface area contributed by atoms with E-state index in [1.165, 1.54) is 11.3 Å². The van der Waals surface area contributed by atoms with Gasteiger partial charge in [0.1, 0.15) is 11.8 Å². The smallest absolute Gasteiger partial charge is 0.338 e. The zero-order valence-electron chi connectivity index (χ0n) is 18.5. The molecule has 0 radical (unpaired) electrons. The van der Waals surface area contributed by atoms with Crippen LogP contribution in [0.2, 0.25) is 0 Å². The standard InChI is InChI=1S/C25H23BrN2O4S/c1-4-31-19-12-7-6-11-18(19)22-21(24(30)32-5-2)15(3)27-25-28(22)23(29)20(33-25)14-16-9-8-10-17(26)13-16/h6-14,22H,4-5H2,1-3H3/b20-14-/t22-/m0/s1. The monoisotopic (exact) mass is 526 g/mol. The lowest BCUT2D eigenvalue weighted by Gasteiger charge is -2.26. The van der Waals surface area contributed by atoms with Crippen LogP contribution in [-0.4, -0.2) is 23.8 Å². The normalized spacial score (nSPS) is 15.8. The topological polar surface area (TPSA) is 69.9 Å². The van der Waals surface area contributed by atoms with Gasteiger partial charge in [0, 0.05) is 10.0 Å². The molecule has 0 unspecified atom stereocenters. The van der Waals surface area contributed by atoms with Gasteiger partial charge in [-0.15, -0.1) is 0 Å². The quantitative estimate of drug-likeness (QED) is 0.456. The van der Waals surface area contributed by atoms with Gasteiger partial charge in [0.15, 0.2) is 4.80 Å². The van der Waals surface area contributed by atoms with Crippen molar-refractivity contribution in [3.05, 3.63) is 95.1 Å². The second kappa shape index (κ2) is 9.89. The minimum atomic E-state index is -0.701. The number of benzene rings is 2. The summed E-state index contributed by atoms with van der Waals surface area (Å²) in [5, 5.41) is 0. The van der Waals surface area contributed by atoms with Gasteiger partial charge in [-0.05, 0) is 50.6 Å². The van der Waals surface area contributed by atoms with Crippen molar-refractivity contribution in [2.24, 2.45) is 4.99 Å². The first-order chi connectivity index (χ1) is 15.9. The zero-order chi connectivity index (χ0) is 23.5. The summed E-state index contributed by atoms with van der Waals surface area (Å²) >= 11 is 4.77. The van der Waals surface area contributed by atoms with Crippen LogP contribution in [0.15, 0.2) is 74.1 Å². The molecule has 0 spiro atoms. The Morgan fingerprint density at radius 1 is 1.18 bits per heavy atom. The van der Waals surface area contributed by atoms with E-state index in [0.717, 1.165) is 10.0 Å². The number of nitrogens with zero attached hydrogens (tertiary/aromatic N) is 2. The van der Waals surface area contributed by atoms with Crippen molar-refractivity contribution >= 4 is 39.3 Å². The van der Waals surface area contributed by atoms with Crippen LogP contribution >= 0.6 is 27.3 Å². The first-order valence-corrected chi connectivity index (χ1v) is 12.2. The Hall–Kier alpha value is -2.97. The molecule has 2 aromatic carbocycles. The fraction of sp³-hybridized carbons (Fsp3) is 0.240. The van der Waals surface area contributed by atoms with E-state index in [1.807, 2.05) is 61.5 Å². The summed E-state index contributed by atoms with van der Waals surface area (Å²) in [5.74, 6) is 0.124. The second-order valence-corrected chi connectivity index (χ2v) is 9.25. The third-order valence-electron chi connectivity index (χ3n) is 5.18. The van der Waals surface area contributed by atoms with Crippen LogP contribution in [0.25, 0.3) is 6.08 Å². The SMILES string of the molecule is CCOC(=O)C1=C(C)N=c2s/c(=C\c3cccc(Br)c3)c(=O)n2[C@H]1c1ccccc1OCC. The van der Waals surface area contributed by atoms with Crippen LogP contribution < -0.4 is 19.6 Å². The lowest BCUT2D eigenvalue weighted by atomic mass is 9.95. The number of ether oxygens (including phenoxy) is 2. The number of thiazole rings is 1. The molecule has 3 aromatic rings. The maximum absolute atomic E-state index is 13.6. The molecule has 0 N–H and O–H groups in total. The van der Waals surface area contributed by atoms with Crippen LogP contribution in [-0.2, 0) is 9.53 Å². The number of hydrogen-bond acceptors (Lipinski definition) is 6. The fourth-order valence-electron chi connectivity index (χ4n) is 3.83. The Kier molecular flexibility index (Phi) is 6.95. The lowest BCUT2D eigenvalue weighted by molar-refractivity contribution is -0.139. The first kappa shape index (κ1) is 23.2. The minimum absolute atomic E-state index is 0.218. The van der Waals surface area contributed by atoms with E-state index in [2.05, 4.69) is 20.9 Å². The molecule has 2 heterocycles. The highest BCUT2D eigenvalue weighted by Gasteiger charge is 2.34. The summed E-state index contributed by atoms with van der Waals surface area (Å²) in [7, 11) is 0. The van der Waals surface area contributed by atoms with Crippen LogP contribution in [0.1, 0.15) is 37.9 Å². The number of aromatic nitrogens is 1. The predicted molar refractivity (Wildman–Crippen MR) is 132 cm³/mol. The fourth-order valence-corrected chi connectivity index (χ4v) is 5.29. The van der Waals surface area contributed by atoms with Gasteiger partial charge in [-0.3, -0.25) is 9.36 Å². The van der Waals surface area contributed by atoms with E-state index in [4.69, 9.17) is 9.47 Å². The van der Waals surface area contributed by atoms with Gasteiger partial charge < -0.3 is 9.47 Å². The summed E-state index contributed by atoms with van der Waals surface area (Å²) in [5.41, 5.74) is 2.25. The molecule has 1 aromatic heterocycles. The van der Waals surface area contributed by atoms with Crippen molar-refractivity contribution in [1.82, 2.24) is 4.57 Å². The molecular weight excluding hydrogens is 504 g/mol. The van der Waals surface area contributed by atoms with E-state index in [1.54, 1.807) is 18.4 Å². The average molecular weight is 527 g/mol. The van der Waals surface area contributed by atoms with E-state index >= 15 is 0 Å². The summed E-state index contributed by atoms with van der Waals surface area (Å²) in [6.07, 6.45) is 1.84. The van der Waals surface area contributed by atoms with E-state index < -0.39 is 12.0 Å². The number of halogens is 1. The molecule has 1 atom stereocenters. The molecule has 0 saturated carbocycles. The van der Waals surface area contributed by atoms with Crippen molar-refractivity contribution < 1.29 is 14.3 Å². The lowest BCUT2D eigenvalue weighted by Crippen LogP contribution is -2.40. The zero-order valence-corrected chi connectivity index (χ0v) is 20.9. The Labute approximate surface area is 203 Å². The number of esters is 1. The molecule has 170 valence electrons. The number of allylic oxidation sites excluding steroid dienone is 1. The number of hydrogen-bond donors (Lipinski definition) is 0. The molecule has 0 bridgehead atoms. The first-order valence-electron chi connectivity index (χ1n) is 10.6. The van der Waals surface area contributed by atoms with Gasteiger partial charge in [0.25, 0.3) is 5.56 Å². The van der Waals surface area contributed by atoms with E-state index in [-0.39, 0.29) is 12.2 Å². The maximum Gasteiger partial charge on any atom is 0.338 e. The molecule has 1 aliphatic rings. The molecule has 1 aliphatic heterocycles. The van der Waals surface area contributed by atoms with Gasteiger partial charge in [-0.1, -0.05) is 57.6 Å². The molecule has 6 nitrogen and oxygen atoms in total. The molecule has 0 aliphatic carbocycles. The van der Waals surface area contributed by atoms with Crippen molar-refractivity contribution in [3.63, 3.8) is 0 Å². The number of carbonyl (C=O) groups excluding carboxylic acids is 1. The summed E-state index contributed by atoms with van der Waals surface area (Å²) in [6.45, 7) is 6.10. The number of carbonyl (C=O) groups is 1. The largest absolute Gasteiger partial charge is 0.494 e. The number of para-hydroxylation sites is 1. The van der Waals surface area contributed by atoms with Gasteiger partial charge in [-0.25, -0.2) is 9.79 Å². The summed E-state index contributed by atoms with van der Waals surface area (Å²) < 4.78 is 14.2. The Balaban J connectivity index is 1.99. The Bertz CT molecular complexity index is 1420. The van der Waals surface area contributed by atoms with Crippen molar-refractivity contribution in [2.45, 2.75) is 26.8 Å². The van der Waals surface area contributed by atoms with Crippen LogP contribution in [0, 0.1) is 0 Å². The van der Waals surface area contributed by atoms with Crippen LogP contribution in [0.3, 0.4) is 0 Å². The molecule has 33 heavy (non-hydrogen) atoms. The minimum Gasteiger partial charge on any atom is -0.494 e. The highest BCUT2D eigenvalue weighted by molar-refractivity contribution is 9.10. The number of rotatable bonds is 6. The molecule has 0 fully saturated rings. The van der Waals surface area contributed by atoms with Crippen molar-refractivity contribution in [1.29, 1.82) is 0 Å². The maximum atomic E-state index is 13.6. The van der Waals surface area contributed by atoms with E-state index in [9.17, 15) is 9.59 Å². The van der Waals surface area contributed by atoms with Gasteiger partial charge >= 0.3 is 5.97 Å². The second-order valence-electron chi connectivity index (χ2n) is 7.33. The van der Waals surface area contributed by atoms with Gasteiger partial charge in [0.05, 0.1) is 29.0 Å². The third-order valence-corrected chi connectivity index (χ3v) is 6.65. The summed E-state index contributed by atoms with van der Waals surface area (Å²) in [6, 6.07) is 14.5. The van der Waals surface area contributed by atoms with Crippen LogP contribution in [0.5, 0.6) is 5.75 Å². The average Bonchev–Trinajstić information content (AvgIpc) is 3.08. The molecule has 8 heteroatoms. The molecule has 0 saturated heterocycles. The molecule has 4 rings (SSSR count). The van der Waals surface area contributed by atoms with Gasteiger partial charge in [0.2, 0.25) is 0 Å². The van der Waals surface area contributed by atoms with Gasteiger partial charge in [-0.2, -0.15) is 0 Å². The van der Waals surface area contributed by atoms with Crippen LogP contribution in [0.4, 0.5) is 0 Å². The highest BCUT2D eigenvalue weighted by Crippen LogP contribution is 2.35. The Morgan fingerprint density at radius 2 is 1.97 bits per heavy atom.